The fourth-order valence-electron chi connectivity index (χ4n) is 2.11. The Kier molecular flexibility index (Phi) is 4.36. The molecule has 108 valence electrons. The van der Waals surface area contributed by atoms with Crippen LogP contribution in [0.15, 0.2) is 27.2 Å². The van der Waals surface area contributed by atoms with Gasteiger partial charge in [0.2, 0.25) is 0 Å². The summed E-state index contributed by atoms with van der Waals surface area (Å²) in [4.78, 5) is 4.42. The van der Waals surface area contributed by atoms with Gasteiger partial charge < -0.3 is 15.0 Å². The van der Waals surface area contributed by atoms with E-state index in [1.807, 2.05) is 18.2 Å². The van der Waals surface area contributed by atoms with Crippen molar-refractivity contribution in [2.24, 2.45) is 5.73 Å². The summed E-state index contributed by atoms with van der Waals surface area (Å²) in [6.07, 6.45) is 2.93. The zero-order valence-corrected chi connectivity index (χ0v) is 13.3. The summed E-state index contributed by atoms with van der Waals surface area (Å²) in [5, 5.41) is 4.01. The monoisotopic (exact) mass is 359 g/mol. The number of aromatic nitrogens is 2. The molecule has 0 aliphatic heterocycles. The average molecular weight is 361 g/mol. The van der Waals surface area contributed by atoms with Crippen molar-refractivity contribution in [1.29, 1.82) is 0 Å². The summed E-state index contributed by atoms with van der Waals surface area (Å²) in [5.74, 6) is 1.78. The predicted octanol–water partition coefficient (Wildman–Crippen LogP) is 3.27. The van der Waals surface area contributed by atoms with E-state index in [-0.39, 0.29) is 12.4 Å². The number of ether oxygens (including phenoxy) is 1. The van der Waals surface area contributed by atoms with Crippen LogP contribution in [-0.4, -0.2) is 17.3 Å². The largest absolute Gasteiger partial charge is 0.497 e. The van der Waals surface area contributed by atoms with Crippen LogP contribution >= 0.6 is 28.3 Å². The molecule has 0 spiro atoms. The van der Waals surface area contributed by atoms with Gasteiger partial charge in [0.25, 0.3) is 5.89 Å². The molecule has 5 nitrogen and oxygen atoms in total. The fraction of sp³-hybridized carbons (Fsp3) is 0.385. The Morgan fingerprint density at radius 3 is 2.75 bits per heavy atom. The lowest BCUT2D eigenvalue weighted by Gasteiger charge is -2.34. The Morgan fingerprint density at radius 2 is 2.15 bits per heavy atom. The third-order valence-electron chi connectivity index (χ3n) is 3.52. The summed E-state index contributed by atoms with van der Waals surface area (Å²) in [7, 11) is 1.62. The molecule has 1 heterocycles. The highest BCUT2D eigenvalue weighted by atomic mass is 79.9. The van der Waals surface area contributed by atoms with Gasteiger partial charge in [-0.05, 0) is 53.4 Å². The maximum Gasteiger partial charge on any atom is 0.259 e. The number of nitrogens with two attached hydrogens (primary N) is 1. The number of nitrogens with zero attached hydrogens (tertiary/aromatic N) is 2. The number of halogens is 2. The van der Waals surface area contributed by atoms with Crippen molar-refractivity contribution < 1.29 is 9.26 Å². The van der Waals surface area contributed by atoms with E-state index < -0.39 is 5.54 Å². The minimum absolute atomic E-state index is 0. The Labute approximate surface area is 131 Å². The molecule has 1 aromatic heterocycles. The number of rotatable bonds is 3. The highest BCUT2D eigenvalue weighted by molar-refractivity contribution is 9.10. The quantitative estimate of drug-likeness (QED) is 0.909. The van der Waals surface area contributed by atoms with Crippen LogP contribution in [0, 0.1) is 0 Å². The van der Waals surface area contributed by atoms with Crippen molar-refractivity contribution >= 4 is 28.3 Å². The maximum atomic E-state index is 6.19. The van der Waals surface area contributed by atoms with E-state index in [2.05, 4.69) is 26.1 Å². The second-order valence-electron chi connectivity index (χ2n) is 4.78. The molecule has 0 unspecified atom stereocenters. The minimum atomic E-state index is -0.410. The Balaban J connectivity index is 0.00000147. The SMILES string of the molecule is COc1ccc(Br)c(-c2nc(C3(N)CCC3)no2)c1.Cl. The van der Waals surface area contributed by atoms with E-state index in [4.69, 9.17) is 15.0 Å². The van der Waals surface area contributed by atoms with Gasteiger partial charge in [-0.1, -0.05) is 5.16 Å². The zero-order valence-electron chi connectivity index (χ0n) is 10.9. The molecule has 7 heteroatoms. The molecule has 0 radical (unpaired) electrons. The predicted molar refractivity (Wildman–Crippen MR) is 81.0 cm³/mol. The standard InChI is InChI=1S/C13H14BrN3O2.ClH/c1-18-8-3-4-10(14)9(7-8)11-16-12(17-19-11)13(15)5-2-6-13;/h3-4,7H,2,5-6,15H2,1H3;1H. The lowest BCUT2D eigenvalue weighted by molar-refractivity contribution is 0.229. The molecule has 1 fully saturated rings. The zero-order chi connectivity index (χ0) is 13.5. The molecule has 3 rings (SSSR count). The molecule has 1 saturated carbocycles. The molecule has 2 aromatic rings. The topological polar surface area (TPSA) is 74.2 Å². The summed E-state index contributed by atoms with van der Waals surface area (Å²) < 4.78 is 11.4. The molecule has 0 amide bonds. The smallest absolute Gasteiger partial charge is 0.259 e. The van der Waals surface area contributed by atoms with Crippen LogP contribution in [0.4, 0.5) is 0 Å². The van der Waals surface area contributed by atoms with Crippen molar-refractivity contribution in [3.8, 4) is 17.2 Å². The second kappa shape index (κ2) is 5.71. The Hall–Kier alpha value is -1.11. The minimum Gasteiger partial charge on any atom is -0.497 e. The number of hydrogen-bond donors (Lipinski definition) is 1. The first-order valence-electron chi connectivity index (χ1n) is 6.09. The van der Waals surface area contributed by atoms with Gasteiger partial charge in [-0.25, -0.2) is 0 Å². The van der Waals surface area contributed by atoms with Crippen LogP contribution in [0.3, 0.4) is 0 Å². The molecule has 1 aromatic carbocycles. The Morgan fingerprint density at radius 1 is 1.40 bits per heavy atom. The first-order valence-corrected chi connectivity index (χ1v) is 6.89. The van der Waals surface area contributed by atoms with Gasteiger partial charge in [0, 0.05) is 4.47 Å². The van der Waals surface area contributed by atoms with Crippen LogP contribution in [0.1, 0.15) is 25.1 Å². The number of hydrogen-bond acceptors (Lipinski definition) is 5. The van der Waals surface area contributed by atoms with Crippen LogP contribution in [0.2, 0.25) is 0 Å². The van der Waals surface area contributed by atoms with Crippen LogP contribution in [-0.2, 0) is 5.54 Å². The van der Waals surface area contributed by atoms with Crippen LogP contribution < -0.4 is 10.5 Å². The summed E-state index contributed by atoms with van der Waals surface area (Å²) in [5.41, 5.74) is 6.59. The molecular weight excluding hydrogens is 346 g/mol. The molecular formula is C13H15BrClN3O2. The highest BCUT2D eigenvalue weighted by Gasteiger charge is 2.39. The molecule has 20 heavy (non-hydrogen) atoms. The summed E-state index contributed by atoms with van der Waals surface area (Å²) >= 11 is 3.47. The van der Waals surface area contributed by atoms with Gasteiger partial charge in [-0.3, -0.25) is 0 Å². The maximum absolute atomic E-state index is 6.19. The molecule has 0 bridgehead atoms. The van der Waals surface area contributed by atoms with E-state index >= 15 is 0 Å². The van der Waals surface area contributed by atoms with E-state index in [0.29, 0.717) is 11.7 Å². The van der Waals surface area contributed by atoms with E-state index in [0.717, 1.165) is 35.0 Å². The lowest BCUT2D eigenvalue weighted by Crippen LogP contribution is -2.44. The van der Waals surface area contributed by atoms with E-state index in [1.54, 1.807) is 7.11 Å². The molecule has 0 saturated heterocycles. The van der Waals surface area contributed by atoms with Gasteiger partial charge in [0.15, 0.2) is 5.82 Å². The molecule has 0 atom stereocenters. The number of methoxy groups -OCH3 is 1. The summed E-state index contributed by atoms with van der Waals surface area (Å²) in [6.45, 7) is 0. The highest BCUT2D eigenvalue weighted by Crippen LogP contribution is 2.38. The fourth-order valence-corrected chi connectivity index (χ4v) is 2.53. The molecule has 1 aliphatic carbocycles. The summed E-state index contributed by atoms with van der Waals surface area (Å²) in [6, 6.07) is 5.60. The average Bonchev–Trinajstić information content (AvgIpc) is 2.86. The third-order valence-corrected chi connectivity index (χ3v) is 4.21. The van der Waals surface area contributed by atoms with Crippen molar-refractivity contribution in [2.75, 3.05) is 7.11 Å². The van der Waals surface area contributed by atoms with Crippen molar-refractivity contribution in [2.45, 2.75) is 24.8 Å². The van der Waals surface area contributed by atoms with Crippen LogP contribution in [0.25, 0.3) is 11.5 Å². The first-order chi connectivity index (χ1) is 9.12. The van der Waals surface area contributed by atoms with Gasteiger partial charge in [0.1, 0.15) is 5.75 Å². The second-order valence-corrected chi connectivity index (χ2v) is 5.63. The van der Waals surface area contributed by atoms with Gasteiger partial charge in [0.05, 0.1) is 18.2 Å². The van der Waals surface area contributed by atoms with Gasteiger partial charge >= 0.3 is 0 Å². The molecule has 2 N–H and O–H groups in total. The van der Waals surface area contributed by atoms with Gasteiger partial charge in [-0.2, -0.15) is 4.98 Å². The van der Waals surface area contributed by atoms with Crippen LogP contribution in [0.5, 0.6) is 5.75 Å². The first kappa shape index (κ1) is 15.3. The van der Waals surface area contributed by atoms with E-state index in [1.165, 1.54) is 0 Å². The van der Waals surface area contributed by atoms with Gasteiger partial charge in [-0.15, -0.1) is 12.4 Å². The molecule has 1 aliphatic rings. The van der Waals surface area contributed by atoms with Crippen molar-refractivity contribution in [3.63, 3.8) is 0 Å². The van der Waals surface area contributed by atoms with E-state index in [9.17, 15) is 0 Å². The van der Waals surface area contributed by atoms with Crippen molar-refractivity contribution in [3.05, 3.63) is 28.5 Å². The number of benzene rings is 1. The van der Waals surface area contributed by atoms with Crippen molar-refractivity contribution in [1.82, 2.24) is 10.1 Å². The normalized spacial score (nSPS) is 16.1. The third kappa shape index (κ3) is 2.55. The Bertz CT molecular complexity index is 613. The lowest BCUT2D eigenvalue weighted by atomic mass is 9.77.